The lowest BCUT2D eigenvalue weighted by Crippen LogP contribution is -2.76. The van der Waals surface area contributed by atoms with Gasteiger partial charge in [0.1, 0.15) is 0 Å². The standard InChI is InChI=1S/C16H31N/c1-13(2)15-10-8-6-5-7-9-11-16(12-15,17-15)14(3)4/h13-14,17H,5-12H2,1-4H3. The minimum atomic E-state index is 0.474. The van der Waals surface area contributed by atoms with Crippen molar-refractivity contribution in [3.05, 3.63) is 0 Å². The van der Waals surface area contributed by atoms with Gasteiger partial charge in [0.2, 0.25) is 0 Å². The van der Waals surface area contributed by atoms with Crippen LogP contribution in [-0.4, -0.2) is 11.1 Å². The van der Waals surface area contributed by atoms with Crippen LogP contribution < -0.4 is 5.32 Å². The lowest BCUT2D eigenvalue weighted by atomic mass is 9.58. The maximum Gasteiger partial charge on any atom is 0.0227 e. The second-order valence-corrected chi connectivity index (χ2v) is 7.19. The molecule has 0 spiro atoms. The van der Waals surface area contributed by atoms with E-state index in [2.05, 4.69) is 33.0 Å². The van der Waals surface area contributed by atoms with Gasteiger partial charge < -0.3 is 5.32 Å². The summed E-state index contributed by atoms with van der Waals surface area (Å²) in [6.45, 7) is 9.62. The molecule has 0 aromatic carbocycles. The molecule has 0 radical (unpaired) electrons. The van der Waals surface area contributed by atoms with Crippen LogP contribution in [-0.2, 0) is 0 Å². The molecule has 2 atom stereocenters. The van der Waals surface area contributed by atoms with E-state index in [1.165, 1.54) is 51.4 Å². The number of hydrogen-bond donors (Lipinski definition) is 1. The Balaban J connectivity index is 2.10. The van der Waals surface area contributed by atoms with Gasteiger partial charge in [0.15, 0.2) is 0 Å². The topological polar surface area (TPSA) is 12.0 Å². The third kappa shape index (κ3) is 2.41. The summed E-state index contributed by atoms with van der Waals surface area (Å²) in [5.41, 5.74) is 0.948. The zero-order valence-electron chi connectivity index (χ0n) is 12.3. The van der Waals surface area contributed by atoms with Crippen LogP contribution in [0.5, 0.6) is 0 Å². The fourth-order valence-corrected chi connectivity index (χ4v) is 4.03. The monoisotopic (exact) mass is 237 g/mol. The number of hydrogen-bond acceptors (Lipinski definition) is 1. The minimum Gasteiger partial charge on any atom is -0.305 e. The highest BCUT2D eigenvalue weighted by molar-refractivity contribution is 5.15. The van der Waals surface area contributed by atoms with Gasteiger partial charge in [-0.15, -0.1) is 0 Å². The summed E-state index contributed by atoms with van der Waals surface area (Å²) in [5, 5.41) is 4.08. The lowest BCUT2D eigenvalue weighted by Gasteiger charge is -2.63. The molecule has 2 unspecified atom stereocenters. The summed E-state index contributed by atoms with van der Waals surface area (Å²) in [6.07, 6.45) is 11.4. The molecule has 1 heteroatoms. The van der Waals surface area contributed by atoms with Gasteiger partial charge in [-0.25, -0.2) is 0 Å². The third-order valence-electron chi connectivity index (χ3n) is 5.58. The molecule has 2 saturated heterocycles. The molecule has 3 aliphatic rings. The van der Waals surface area contributed by atoms with Crippen molar-refractivity contribution in [2.24, 2.45) is 11.8 Å². The largest absolute Gasteiger partial charge is 0.305 e. The van der Waals surface area contributed by atoms with Crippen LogP contribution in [0.2, 0.25) is 0 Å². The lowest BCUT2D eigenvalue weighted by molar-refractivity contribution is -0.0396. The van der Waals surface area contributed by atoms with Crippen molar-refractivity contribution in [1.29, 1.82) is 0 Å². The molecular weight excluding hydrogens is 206 g/mol. The Bertz CT molecular complexity index is 224. The van der Waals surface area contributed by atoms with E-state index in [4.69, 9.17) is 0 Å². The SMILES string of the molecule is CC(C)C12CCCCCCCC(C(C)C)(C1)N2. The molecule has 100 valence electrons. The maximum atomic E-state index is 4.08. The average molecular weight is 237 g/mol. The number of nitrogens with one attached hydrogen (secondary N) is 1. The Labute approximate surface area is 108 Å². The van der Waals surface area contributed by atoms with Crippen molar-refractivity contribution in [1.82, 2.24) is 5.32 Å². The average Bonchev–Trinajstić information content (AvgIpc) is 2.23. The Kier molecular flexibility index (Phi) is 3.87. The van der Waals surface area contributed by atoms with Gasteiger partial charge in [0.25, 0.3) is 0 Å². The van der Waals surface area contributed by atoms with Crippen molar-refractivity contribution < 1.29 is 0 Å². The van der Waals surface area contributed by atoms with Gasteiger partial charge in [-0.2, -0.15) is 0 Å². The first-order valence-electron chi connectivity index (χ1n) is 7.80. The molecular formula is C16H31N. The van der Waals surface area contributed by atoms with Crippen molar-refractivity contribution in [2.75, 3.05) is 0 Å². The third-order valence-corrected chi connectivity index (χ3v) is 5.58. The smallest absolute Gasteiger partial charge is 0.0227 e. The summed E-state index contributed by atoms with van der Waals surface area (Å²) in [4.78, 5) is 0. The van der Waals surface area contributed by atoms with Gasteiger partial charge in [0, 0.05) is 11.1 Å². The minimum absolute atomic E-state index is 0.474. The molecule has 3 rings (SSSR count). The Morgan fingerprint density at radius 2 is 1.06 bits per heavy atom. The van der Waals surface area contributed by atoms with Crippen LogP contribution in [0, 0.1) is 11.8 Å². The quantitative estimate of drug-likeness (QED) is 0.745. The van der Waals surface area contributed by atoms with Crippen molar-refractivity contribution in [3.8, 4) is 0 Å². The van der Waals surface area contributed by atoms with E-state index in [9.17, 15) is 0 Å². The summed E-state index contributed by atoms with van der Waals surface area (Å²) >= 11 is 0. The summed E-state index contributed by atoms with van der Waals surface area (Å²) in [7, 11) is 0. The molecule has 1 saturated carbocycles. The first kappa shape index (κ1) is 13.4. The summed E-state index contributed by atoms with van der Waals surface area (Å²) in [6, 6.07) is 0. The summed E-state index contributed by atoms with van der Waals surface area (Å²) in [5.74, 6) is 1.57. The normalized spacial score (nSPS) is 39.2. The first-order chi connectivity index (χ1) is 8.01. The molecule has 0 aromatic rings. The molecule has 2 heterocycles. The van der Waals surface area contributed by atoms with Gasteiger partial charge in [-0.3, -0.25) is 0 Å². The molecule has 17 heavy (non-hydrogen) atoms. The van der Waals surface area contributed by atoms with Crippen LogP contribution in [0.1, 0.15) is 79.1 Å². The highest BCUT2D eigenvalue weighted by atomic mass is 15.2. The zero-order chi connectivity index (χ0) is 12.5. The van der Waals surface area contributed by atoms with Crippen molar-refractivity contribution in [3.63, 3.8) is 0 Å². The van der Waals surface area contributed by atoms with E-state index in [-0.39, 0.29) is 0 Å². The van der Waals surface area contributed by atoms with Gasteiger partial charge in [0.05, 0.1) is 0 Å². The molecule has 0 amide bonds. The fourth-order valence-electron chi connectivity index (χ4n) is 4.03. The molecule has 1 nitrogen and oxygen atoms in total. The Hall–Kier alpha value is -0.0400. The predicted octanol–water partition coefficient (Wildman–Crippen LogP) is 4.51. The zero-order valence-corrected chi connectivity index (χ0v) is 12.3. The first-order valence-corrected chi connectivity index (χ1v) is 7.80. The van der Waals surface area contributed by atoms with Crippen LogP contribution in [0.4, 0.5) is 0 Å². The van der Waals surface area contributed by atoms with Crippen molar-refractivity contribution in [2.45, 2.75) is 90.1 Å². The van der Waals surface area contributed by atoms with Gasteiger partial charge in [-0.05, 0) is 31.1 Å². The van der Waals surface area contributed by atoms with Crippen molar-refractivity contribution >= 4 is 0 Å². The Morgan fingerprint density at radius 3 is 1.41 bits per heavy atom. The molecule has 2 aliphatic heterocycles. The second-order valence-electron chi connectivity index (χ2n) is 7.19. The highest BCUT2D eigenvalue weighted by Crippen LogP contribution is 2.49. The van der Waals surface area contributed by atoms with E-state index in [0.29, 0.717) is 11.1 Å². The highest BCUT2D eigenvalue weighted by Gasteiger charge is 2.55. The van der Waals surface area contributed by atoms with Crippen LogP contribution in [0.15, 0.2) is 0 Å². The Morgan fingerprint density at radius 1 is 0.706 bits per heavy atom. The van der Waals surface area contributed by atoms with E-state index in [1.807, 2.05) is 0 Å². The van der Waals surface area contributed by atoms with Crippen LogP contribution >= 0.6 is 0 Å². The van der Waals surface area contributed by atoms with Crippen LogP contribution in [0.25, 0.3) is 0 Å². The maximum absolute atomic E-state index is 4.08. The molecule has 1 aliphatic carbocycles. The summed E-state index contributed by atoms with van der Waals surface area (Å²) < 4.78 is 0. The van der Waals surface area contributed by atoms with E-state index in [0.717, 1.165) is 11.8 Å². The molecule has 0 aromatic heterocycles. The van der Waals surface area contributed by atoms with Crippen LogP contribution in [0.3, 0.4) is 0 Å². The van der Waals surface area contributed by atoms with E-state index < -0.39 is 0 Å². The molecule has 2 bridgehead atoms. The predicted molar refractivity (Wildman–Crippen MR) is 75.2 cm³/mol. The van der Waals surface area contributed by atoms with E-state index in [1.54, 1.807) is 0 Å². The number of rotatable bonds is 2. The van der Waals surface area contributed by atoms with E-state index >= 15 is 0 Å². The molecule has 1 N–H and O–H groups in total. The van der Waals surface area contributed by atoms with Gasteiger partial charge >= 0.3 is 0 Å². The second kappa shape index (κ2) is 4.91. The molecule has 3 fully saturated rings. The fraction of sp³-hybridized carbons (Fsp3) is 1.00. The van der Waals surface area contributed by atoms with Gasteiger partial charge in [-0.1, -0.05) is 59.8 Å². The number of fused-ring (bicyclic) bond motifs is 6.